The first-order valence-corrected chi connectivity index (χ1v) is 6.69. The molecule has 1 heterocycles. The standard InChI is InChI=1S/C16H19N3O/c1-4-17-15-7-5-6-14(18-15)16(20)19-13-9-8-11(2)10-12(13)3/h5-10H,4H2,1-3H3,(H,17,18)(H,19,20). The van der Waals surface area contributed by atoms with Gasteiger partial charge in [-0.05, 0) is 44.5 Å². The second-order valence-corrected chi connectivity index (χ2v) is 4.71. The van der Waals surface area contributed by atoms with Crippen LogP contribution in [-0.2, 0) is 0 Å². The number of pyridine rings is 1. The summed E-state index contributed by atoms with van der Waals surface area (Å²) in [5.74, 6) is 0.512. The zero-order valence-electron chi connectivity index (χ0n) is 12.0. The van der Waals surface area contributed by atoms with E-state index < -0.39 is 0 Å². The van der Waals surface area contributed by atoms with Crippen molar-refractivity contribution in [1.82, 2.24) is 4.98 Å². The first-order chi connectivity index (χ1) is 9.60. The van der Waals surface area contributed by atoms with Crippen LogP contribution in [0.5, 0.6) is 0 Å². The van der Waals surface area contributed by atoms with E-state index in [-0.39, 0.29) is 5.91 Å². The highest BCUT2D eigenvalue weighted by Gasteiger charge is 2.09. The minimum Gasteiger partial charge on any atom is -0.370 e. The molecule has 0 aliphatic heterocycles. The minimum atomic E-state index is -0.197. The Labute approximate surface area is 119 Å². The predicted molar refractivity (Wildman–Crippen MR) is 82.3 cm³/mol. The van der Waals surface area contributed by atoms with E-state index in [1.807, 2.05) is 51.1 Å². The van der Waals surface area contributed by atoms with E-state index in [1.165, 1.54) is 5.56 Å². The van der Waals surface area contributed by atoms with Gasteiger partial charge in [0.1, 0.15) is 11.5 Å². The number of carbonyl (C=O) groups is 1. The van der Waals surface area contributed by atoms with Gasteiger partial charge in [-0.25, -0.2) is 4.98 Å². The summed E-state index contributed by atoms with van der Waals surface area (Å²) in [6.07, 6.45) is 0. The van der Waals surface area contributed by atoms with Crippen molar-refractivity contribution in [3.63, 3.8) is 0 Å². The maximum absolute atomic E-state index is 12.2. The number of nitrogens with one attached hydrogen (secondary N) is 2. The number of amides is 1. The van der Waals surface area contributed by atoms with Gasteiger partial charge in [0, 0.05) is 12.2 Å². The third-order valence-corrected chi connectivity index (χ3v) is 2.97. The molecule has 0 unspecified atom stereocenters. The molecule has 1 aromatic carbocycles. The van der Waals surface area contributed by atoms with Crippen molar-refractivity contribution in [2.75, 3.05) is 17.2 Å². The van der Waals surface area contributed by atoms with Crippen LogP contribution in [0.3, 0.4) is 0 Å². The molecule has 0 bridgehead atoms. The Bertz CT molecular complexity index is 623. The van der Waals surface area contributed by atoms with Crippen LogP contribution < -0.4 is 10.6 Å². The van der Waals surface area contributed by atoms with Gasteiger partial charge in [0.2, 0.25) is 0 Å². The summed E-state index contributed by atoms with van der Waals surface area (Å²) >= 11 is 0. The quantitative estimate of drug-likeness (QED) is 0.894. The highest BCUT2D eigenvalue weighted by molar-refractivity contribution is 6.03. The van der Waals surface area contributed by atoms with Crippen LogP contribution >= 0.6 is 0 Å². The number of aromatic nitrogens is 1. The van der Waals surface area contributed by atoms with Crippen molar-refractivity contribution in [3.8, 4) is 0 Å². The van der Waals surface area contributed by atoms with Crippen molar-refractivity contribution in [3.05, 3.63) is 53.2 Å². The average Bonchev–Trinajstić information content (AvgIpc) is 2.42. The predicted octanol–water partition coefficient (Wildman–Crippen LogP) is 3.38. The fraction of sp³-hybridized carbons (Fsp3) is 0.250. The van der Waals surface area contributed by atoms with E-state index in [4.69, 9.17) is 0 Å². The number of carbonyl (C=O) groups excluding carboxylic acids is 1. The van der Waals surface area contributed by atoms with E-state index in [9.17, 15) is 4.79 Å². The maximum Gasteiger partial charge on any atom is 0.274 e. The Hall–Kier alpha value is -2.36. The van der Waals surface area contributed by atoms with Gasteiger partial charge in [0.05, 0.1) is 0 Å². The lowest BCUT2D eigenvalue weighted by Crippen LogP contribution is -2.15. The monoisotopic (exact) mass is 269 g/mol. The Morgan fingerprint density at radius 3 is 2.70 bits per heavy atom. The van der Waals surface area contributed by atoms with Crippen molar-refractivity contribution < 1.29 is 4.79 Å². The van der Waals surface area contributed by atoms with Crippen molar-refractivity contribution >= 4 is 17.4 Å². The molecule has 0 spiro atoms. The van der Waals surface area contributed by atoms with Gasteiger partial charge in [0.25, 0.3) is 5.91 Å². The fourth-order valence-electron chi connectivity index (χ4n) is 1.98. The van der Waals surface area contributed by atoms with Crippen LogP contribution in [0.25, 0.3) is 0 Å². The molecule has 104 valence electrons. The molecule has 0 aliphatic carbocycles. The molecule has 2 N–H and O–H groups in total. The van der Waals surface area contributed by atoms with Gasteiger partial charge < -0.3 is 10.6 Å². The molecule has 0 saturated carbocycles. The van der Waals surface area contributed by atoms with E-state index >= 15 is 0 Å². The van der Waals surface area contributed by atoms with E-state index in [0.29, 0.717) is 11.5 Å². The molecular weight excluding hydrogens is 250 g/mol. The Morgan fingerprint density at radius 1 is 1.20 bits per heavy atom. The van der Waals surface area contributed by atoms with Crippen LogP contribution in [0.4, 0.5) is 11.5 Å². The van der Waals surface area contributed by atoms with Gasteiger partial charge in [-0.1, -0.05) is 23.8 Å². The first-order valence-electron chi connectivity index (χ1n) is 6.69. The number of hydrogen-bond donors (Lipinski definition) is 2. The first kappa shape index (κ1) is 14.1. The molecule has 0 saturated heterocycles. The summed E-state index contributed by atoms with van der Waals surface area (Å²) in [4.78, 5) is 16.5. The van der Waals surface area contributed by atoms with Crippen LogP contribution in [0.1, 0.15) is 28.5 Å². The second-order valence-electron chi connectivity index (χ2n) is 4.71. The third kappa shape index (κ3) is 3.35. The number of nitrogens with zero attached hydrogens (tertiary/aromatic N) is 1. The summed E-state index contributed by atoms with van der Waals surface area (Å²) in [6.45, 7) is 6.77. The number of hydrogen-bond acceptors (Lipinski definition) is 3. The number of rotatable bonds is 4. The summed E-state index contributed by atoms with van der Waals surface area (Å²) in [7, 11) is 0. The molecule has 0 atom stereocenters. The third-order valence-electron chi connectivity index (χ3n) is 2.97. The highest BCUT2D eigenvalue weighted by atomic mass is 16.1. The molecule has 1 amide bonds. The zero-order chi connectivity index (χ0) is 14.5. The van der Waals surface area contributed by atoms with Crippen LogP contribution in [0.2, 0.25) is 0 Å². The van der Waals surface area contributed by atoms with Gasteiger partial charge in [-0.15, -0.1) is 0 Å². The summed E-state index contributed by atoms with van der Waals surface area (Å²) in [5, 5.41) is 5.99. The van der Waals surface area contributed by atoms with E-state index in [1.54, 1.807) is 6.07 Å². The molecule has 4 heteroatoms. The largest absolute Gasteiger partial charge is 0.370 e. The molecule has 4 nitrogen and oxygen atoms in total. The minimum absolute atomic E-state index is 0.197. The lowest BCUT2D eigenvalue weighted by Gasteiger charge is -2.09. The molecule has 0 fully saturated rings. The SMILES string of the molecule is CCNc1cccc(C(=O)Nc2ccc(C)cc2C)n1. The normalized spacial score (nSPS) is 10.2. The summed E-state index contributed by atoms with van der Waals surface area (Å²) < 4.78 is 0. The summed E-state index contributed by atoms with van der Waals surface area (Å²) in [5.41, 5.74) is 3.44. The Morgan fingerprint density at radius 2 is 2.00 bits per heavy atom. The van der Waals surface area contributed by atoms with Crippen LogP contribution in [0, 0.1) is 13.8 Å². The molecule has 0 radical (unpaired) electrons. The van der Waals surface area contributed by atoms with E-state index in [0.717, 1.165) is 17.8 Å². The number of benzene rings is 1. The second kappa shape index (κ2) is 6.19. The van der Waals surface area contributed by atoms with Crippen molar-refractivity contribution in [2.45, 2.75) is 20.8 Å². The van der Waals surface area contributed by atoms with Gasteiger partial charge in [-0.2, -0.15) is 0 Å². The molecule has 2 aromatic rings. The topological polar surface area (TPSA) is 54.0 Å². The van der Waals surface area contributed by atoms with Crippen molar-refractivity contribution in [1.29, 1.82) is 0 Å². The lowest BCUT2D eigenvalue weighted by molar-refractivity contribution is 0.102. The molecule has 20 heavy (non-hydrogen) atoms. The zero-order valence-corrected chi connectivity index (χ0v) is 12.0. The van der Waals surface area contributed by atoms with Gasteiger partial charge in [0.15, 0.2) is 0 Å². The summed E-state index contributed by atoms with van der Waals surface area (Å²) in [6, 6.07) is 11.3. The van der Waals surface area contributed by atoms with Crippen LogP contribution in [0.15, 0.2) is 36.4 Å². The Kier molecular flexibility index (Phi) is 4.35. The van der Waals surface area contributed by atoms with Gasteiger partial charge in [-0.3, -0.25) is 4.79 Å². The smallest absolute Gasteiger partial charge is 0.274 e. The van der Waals surface area contributed by atoms with Crippen molar-refractivity contribution in [2.24, 2.45) is 0 Å². The maximum atomic E-state index is 12.2. The van der Waals surface area contributed by atoms with Gasteiger partial charge >= 0.3 is 0 Å². The molecule has 0 aliphatic rings. The van der Waals surface area contributed by atoms with Crippen LogP contribution in [-0.4, -0.2) is 17.4 Å². The highest BCUT2D eigenvalue weighted by Crippen LogP contribution is 2.17. The molecule has 1 aromatic heterocycles. The fourth-order valence-corrected chi connectivity index (χ4v) is 1.98. The molecule has 2 rings (SSSR count). The lowest BCUT2D eigenvalue weighted by atomic mass is 10.1. The number of aryl methyl sites for hydroxylation is 2. The Balaban J connectivity index is 2.17. The average molecular weight is 269 g/mol. The molecular formula is C16H19N3O. The number of anilines is 2. The van der Waals surface area contributed by atoms with E-state index in [2.05, 4.69) is 15.6 Å².